The van der Waals surface area contributed by atoms with Crippen LogP contribution in [-0.4, -0.2) is 18.2 Å². The Morgan fingerprint density at radius 2 is 1.76 bits per heavy atom. The van der Waals surface area contributed by atoms with Crippen LogP contribution in [0.4, 0.5) is 23.2 Å². The largest absolute Gasteiger partial charge is 0.540 e. The predicted molar refractivity (Wildman–Crippen MR) is 64.1 cm³/mol. The molecule has 0 bridgehead atoms. The topological polar surface area (TPSA) is 121 Å². The highest BCUT2D eigenvalue weighted by Crippen LogP contribution is 2.47. The van der Waals surface area contributed by atoms with Crippen LogP contribution in [-0.2, 0) is 10.8 Å². The average molecular weight is 307 g/mol. The number of fused-ring (bicyclic) bond motifs is 1. The highest BCUT2D eigenvalue weighted by atomic mass is 19.3. The van der Waals surface area contributed by atoms with Crippen molar-refractivity contribution in [2.75, 3.05) is 0 Å². The number of nitrogens with two attached hydrogens (primary N) is 3. The second-order valence-electron chi connectivity index (χ2n) is 3.87. The Kier molecular flexibility index (Phi) is 3.37. The Morgan fingerprint density at radius 1 is 1.10 bits per heavy atom. The van der Waals surface area contributed by atoms with Crippen molar-refractivity contribution in [1.82, 2.24) is 0 Å². The van der Waals surface area contributed by atoms with Crippen LogP contribution in [0.25, 0.3) is 0 Å². The lowest BCUT2D eigenvalue weighted by molar-refractivity contribution is -0.461. The summed E-state index contributed by atoms with van der Waals surface area (Å²) in [5, 5.41) is 0. The van der Waals surface area contributed by atoms with Crippen LogP contribution in [0, 0.1) is 0 Å². The number of hydrogen-bond donors (Lipinski definition) is 3. The lowest BCUT2D eigenvalue weighted by Crippen LogP contribution is -2.40. The van der Waals surface area contributed by atoms with Gasteiger partial charge in [-0.15, -0.1) is 8.78 Å². The van der Waals surface area contributed by atoms with Crippen LogP contribution in [0.3, 0.4) is 0 Å². The molecule has 1 aliphatic rings. The molecule has 0 amide bonds. The zero-order valence-corrected chi connectivity index (χ0v) is 10.2. The number of benzene rings is 1. The van der Waals surface area contributed by atoms with Gasteiger partial charge in [0.25, 0.3) is 0 Å². The second-order valence-corrected chi connectivity index (χ2v) is 3.87. The second kappa shape index (κ2) is 4.77. The maximum atomic E-state index is 13.5. The van der Waals surface area contributed by atoms with E-state index in [2.05, 4.69) is 19.5 Å². The van der Waals surface area contributed by atoms with Gasteiger partial charge in [0.1, 0.15) is 5.75 Å². The number of aliphatic imine (C=N–C) groups is 2. The molecular weight excluding hydrogens is 298 g/mol. The summed E-state index contributed by atoms with van der Waals surface area (Å²) in [6.45, 7) is 0. The van der Waals surface area contributed by atoms with E-state index in [9.17, 15) is 17.6 Å². The maximum Gasteiger partial charge on any atom is 0.540 e. The maximum absolute atomic E-state index is 13.5. The normalized spacial score (nSPS) is 19.3. The van der Waals surface area contributed by atoms with Gasteiger partial charge in [-0.1, -0.05) is 0 Å². The summed E-state index contributed by atoms with van der Waals surface area (Å²) < 4.78 is 59.9. The standard InChI is InChI=1S/C10H9F4N5O2/c11-9(12)5-3-4(18-8(17)19-7(15)16)1-2-6(5)20-10(13,14)21-9/h1-3H,(H6,15,16,17,18,19). The van der Waals surface area contributed by atoms with Crippen LogP contribution in [0.15, 0.2) is 28.2 Å². The zero-order valence-electron chi connectivity index (χ0n) is 10.2. The van der Waals surface area contributed by atoms with Gasteiger partial charge in [-0.3, -0.25) is 0 Å². The van der Waals surface area contributed by atoms with Gasteiger partial charge in [0.05, 0.1) is 11.3 Å². The number of guanidine groups is 2. The van der Waals surface area contributed by atoms with Gasteiger partial charge < -0.3 is 21.9 Å². The summed E-state index contributed by atoms with van der Waals surface area (Å²) in [4.78, 5) is 7.00. The van der Waals surface area contributed by atoms with Gasteiger partial charge in [0.2, 0.25) is 5.96 Å². The molecule has 0 saturated carbocycles. The highest BCUT2D eigenvalue weighted by Gasteiger charge is 2.54. The molecule has 0 fully saturated rings. The molecule has 0 saturated heterocycles. The summed E-state index contributed by atoms with van der Waals surface area (Å²) in [5.74, 6) is -1.53. The fourth-order valence-corrected chi connectivity index (χ4v) is 1.55. The number of alkyl halides is 4. The molecule has 2 rings (SSSR count). The molecule has 0 radical (unpaired) electrons. The zero-order chi connectivity index (χ0) is 15.8. The molecule has 0 aliphatic carbocycles. The van der Waals surface area contributed by atoms with Gasteiger partial charge in [-0.05, 0) is 18.2 Å². The van der Waals surface area contributed by atoms with Crippen LogP contribution in [0.5, 0.6) is 5.75 Å². The Hall–Kier alpha value is -2.56. The van der Waals surface area contributed by atoms with Gasteiger partial charge in [-0.2, -0.15) is 13.8 Å². The SMILES string of the molecule is NC(N)=NC(N)=Nc1ccc2c(c1)C(F)(F)OC(F)(F)O2. The van der Waals surface area contributed by atoms with E-state index >= 15 is 0 Å². The summed E-state index contributed by atoms with van der Waals surface area (Å²) in [5.41, 5.74) is 14.4. The molecule has 1 heterocycles. The summed E-state index contributed by atoms with van der Waals surface area (Å²) in [6.07, 6.45) is -8.69. The molecule has 11 heteroatoms. The molecule has 0 spiro atoms. The van der Waals surface area contributed by atoms with Gasteiger partial charge >= 0.3 is 12.4 Å². The Balaban J connectivity index is 2.43. The van der Waals surface area contributed by atoms with Crippen LogP contribution >= 0.6 is 0 Å². The summed E-state index contributed by atoms with van der Waals surface area (Å²) in [6, 6.07) is 2.76. The lowest BCUT2D eigenvalue weighted by Gasteiger charge is -2.30. The third kappa shape index (κ3) is 3.31. The minimum absolute atomic E-state index is 0.103. The van der Waals surface area contributed by atoms with E-state index in [0.29, 0.717) is 0 Å². The average Bonchev–Trinajstić information content (AvgIpc) is 2.26. The van der Waals surface area contributed by atoms with Crippen molar-refractivity contribution in [3.8, 4) is 5.75 Å². The Labute approximate surface area is 115 Å². The Bertz CT molecular complexity index is 628. The van der Waals surface area contributed by atoms with Gasteiger partial charge in [0, 0.05) is 0 Å². The molecule has 1 aromatic carbocycles. The van der Waals surface area contributed by atoms with E-state index in [0.717, 1.165) is 18.2 Å². The van der Waals surface area contributed by atoms with E-state index in [1.807, 2.05) is 0 Å². The first kappa shape index (κ1) is 14.8. The van der Waals surface area contributed by atoms with Crippen LogP contribution < -0.4 is 21.9 Å². The van der Waals surface area contributed by atoms with Crippen molar-refractivity contribution in [2.24, 2.45) is 27.2 Å². The molecule has 0 unspecified atom stereocenters. The first-order chi connectivity index (χ1) is 9.59. The number of nitrogens with zero attached hydrogens (tertiary/aromatic N) is 2. The number of ether oxygens (including phenoxy) is 2. The van der Waals surface area contributed by atoms with Crippen molar-refractivity contribution >= 4 is 17.6 Å². The Morgan fingerprint density at radius 3 is 2.38 bits per heavy atom. The lowest BCUT2D eigenvalue weighted by atomic mass is 10.1. The molecule has 6 N–H and O–H groups in total. The first-order valence-electron chi connectivity index (χ1n) is 5.32. The van der Waals surface area contributed by atoms with E-state index in [-0.39, 0.29) is 11.6 Å². The summed E-state index contributed by atoms with van der Waals surface area (Å²) >= 11 is 0. The predicted octanol–water partition coefficient (Wildman–Crippen LogP) is 0.915. The number of halogens is 4. The van der Waals surface area contributed by atoms with E-state index in [4.69, 9.17) is 17.2 Å². The smallest absolute Gasteiger partial charge is 0.409 e. The van der Waals surface area contributed by atoms with E-state index in [1.54, 1.807) is 0 Å². The summed E-state index contributed by atoms with van der Waals surface area (Å²) in [7, 11) is 0. The minimum Gasteiger partial charge on any atom is -0.409 e. The van der Waals surface area contributed by atoms with Crippen molar-refractivity contribution in [3.05, 3.63) is 23.8 Å². The molecule has 114 valence electrons. The molecule has 7 nitrogen and oxygen atoms in total. The third-order valence-corrected chi connectivity index (χ3v) is 2.24. The first-order valence-corrected chi connectivity index (χ1v) is 5.32. The molecular formula is C10H9F4N5O2. The quantitative estimate of drug-likeness (QED) is 0.404. The number of hydrogen-bond acceptors (Lipinski definition) is 3. The van der Waals surface area contributed by atoms with Gasteiger partial charge in [0.15, 0.2) is 5.96 Å². The molecule has 1 aromatic rings. The van der Waals surface area contributed by atoms with Crippen LogP contribution in [0.1, 0.15) is 5.56 Å². The van der Waals surface area contributed by atoms with Gasteiger partial charge in [-0.25, -0.2) is 9.73 Å². The third-order valence-electron chi connectivity index (χ3n) is 2.24. The van der Waals surface area contributed by atoms with Crippen molar-refractivity contribution in [3.63, 3.8) is 0 Å². The highest BCUT2D eigenvalue weighted by molar-refractivity contribution is 5.93. The molecule has 1 aliphatic heterocycles. The molecule has 21 heavy (non-hydrogen) atoms. The van der Waals surface area contributed by atoms with Crippen molar-refractivity contribution < 1.29 is 27.0 Å². The van der Waals surface area contributed by atoms with Crippen molar-refractivity contribution in [1.29, 1.82) is 0 Å². The molecule has 0 aromatic heterocycles. The van der Waals surface area contributed by atoms with E-state index < -0.39 is 29.7 Å². The minimum atomic E-state index is -4.43. The molecule has 0 atom stereocenters. The van der Waals surface area contributed by atoms with E-state index in [1.165, 1.54) is 0 Å². The fraction of sp³-hybridized carbons (Fsp3) is 0.200. The number of rotatable bonds is 1. The van der Waals surface area contributed by atoms with Crippen molar-refractivity contribution in [2.45, 2.75) is 12.4 Å². The monoisotopic (exact) mass is 307 g/mol. The fourth-order valence-electron chi connectivity index (χ4n) is 1.55. The van der Waals surface area contributed by atoms with Crippen LogP contribution in [0.2, 0.25) is 0 Å².